The number of fused-ring (bicyclic) bond motifs is 1. The van der Waals surface area contributed by atoms with Crippen molar-refractivity contribution in [1.29, 1.82) is 0 Å². The number of ether oxygens (including phenoxy) is 1. The van der Waals surface area contributed by atoms with Crippen molar-refractivity contribution in [1.82, 2.24) is 9.55 Å². The van der Waals surface area contributed by atoms with Gasteiger partial charge in [-0.25, -0.2) is 13.6 Å². The average Bonchev–Trinajstić information content (AvgIpc) is 3.33. The highest BCUT2D eigenvalue weighted by Crippen LogP contribution is 2.38. The number of rotatable bonds is 4. The van der Waals surface area contributed by atoms with E-state index in [-0.39, 0.29) is 23.1 Å². The van der Waals surface area contributed by atoms with Gasteiger partial charge in [-0.05, 0) is 65.5 Å². The Hall–Kier alpha value is -1.93. The van der Waals surface area contributed by atoms with E-state index < -0.39 is 21.5 Å². The van der Waals surface area contributed by atoms with Crippen LogP contribution in [0.1, 0.15) is 76.9 Å². The van der Waals surface area contributed by atoms with E-state index in [0.717, 1.165) is 25.7 Å². The van der Waals surface area contributed by atoms with E-state index in [4.69, 9.17) is 9.72 Å². The first-order valence-electron chi connectivity index (χ1n) is 10.0. The highest BCUT2D eigenvalue weighted by molar-refractivity contribution is 7.85. The molecule has 2 heterocycles. The van der Waals surface area contributed by atoms with E-state index in [0.29, 0.717) is 29.2 Å². The molecule has 2 aliphatic rings. The molecule has 0 radical (unpaired) electrons. The van der Waals surface area contributed by atoms with Crippen LogP contribution in [-0.4, -0.2) is 30.8 Å². The fourth-order valence-electron chi connectivity index (χ4n) is 3.57. The second-order valence-corrected chi connectivity index (χ2v) is 10.7. The molecule has 0 bridgehead atoms. The summed E-state index contributed by atoms with van der Waals surface area (Å²) in [5.41, 5.74) is 0.952. The van der Waals surface area contributed by atoms with E-state index in [1.54, 1.807) is 11.5 Å². The predicted octanol–water partition coefficient (Wildman–Crippen LogP) is 3.99. The minimum absolute atomic E-state index is 0.105. The Balaban J connectivity index is 1.95. The molecule has 8 heteroatoms. The molecule has 156 valence electrons. The Labute approximate surface area is 171 Å². The maximum atomic E-state index is 14.4. The summed E-state index contributed by atoms with van der Waals surface area (Å²) in [4.78, 5) is 18.1. The summed E-state index contributed by atoms with van der Waals surface area (Å²) in [6.07, 6.45) is 3.33. The summed E-state index contributed by atoms with van der Waals surface area (Å²) in [5.74, 6) is 0.0785. The Bertz CT molecular complexity index is 1080. The van der Waals surface area contributed by atoms with E-state index in [1.165, 1.54) is 12.1 Å². The summed E-state index contributed by atoms with van der Waals surface area (Å²) >= 11 is 0. The van der Waals surface area contributed by atoms with Crippen molar-refractivity contribution in [3.63, 3.8) is 0 Å². The minimum atomic E-state index is -1.50. The molecule has 1 aromatic carbocycles. The third-order valence-electron chi connectivity index (χ3n) is 5.26. The van der Waals surface area contributed by atoms with Crippen LogP contribution < -0.4 is 5.56 Å². The first kappa shape index (κ1) is 20.3. The van der Waals surface area contributed by atoms with E-state index >= 15 is 0 Å². The SMILES string of the molecule is CC(=N[S@](=O)C(C)(C)C)c1cc(F)cc2c(=O)n(C3CC3)c([C@H]3CCCO3)nc12. The smallest absolute Gasteiger partial charge is 0.261 e. The van der Waals surface area contributed by atoms with Crippen molar-refractivity contribution < 1.29 is 13.3 Å². The van der Waals surface area contributed by atoms with Crippen LogP contribution in [-0.2, 0) is 15.7 Å². The fraction of sp³-hybridized carbons (Fsp3) is 0.571. The van der Waals surface area contributed by atoms with Gasteiger partial charge in [0.1, 0.15) is 28.7 Å². The zero-order chi connectivity index (χ0) is 20.9. The molecule has 0 spiro atoms. The van der Waals surface area contributed by atoms with Gasteiger partial charge in [-0.1, -0.05) is 0 Å². The van der Waals surface area contributed by atoms with Gasteiger partial charge in [0.15, 0.2) is 0 Å². The second kappa shape index (κ2) is 7.40. The van der Waals surface area contributed by atoms with Crippen LogP contribution in [0.15, 0.2) is 21.3 Å². The lowest BCUT2D eigenvalue weighted by molar-refractivity contribution is 0.101. The molecule has 6 nitrogen and oxygen atoms in total. The van der Waals surface area contributed by atoms with Crippen molar-refractivity contribution in [3.05, 3.63) is 39.7 Å². The predicted molar refractivity (Wildman–Crippen MR) is 112 cm³/mol. The van der Waals surface area contributed by atoms with Gasteiger partial charge in [-0.3, -0.25) is 9.36 Å². The molecule has 2 aromatic rings. The second-order valence-electron chi connectivity index (χ2n) is 8.77. The number of hydrogen-bond donors (Lipinski definition) is 0. The van der Waals surface area contributed by atoms with Crippen LogP contribution in [0.2, 0.25) is 0 Å². The summed E-state index contributed by atoms with van der Waals surface area (Å²) in [6.45, 7) is 7.80. The number of hydrogen-bond acceptors (Lipinski definition) is 4. The Morgan fingerprint density at radius 3 is 2.62 bits per heavy atom. The van der Waals surface area contributed by atoms with Crippen LogP contribution in [0, 0.1) is 5.82 Å². The standard InChI is InChI=1S/C21H26FN3O3S/c1-12(24-29(27)21(2,3)4)15-10-13(22)11-16-18(15)23-19(17-6-5-9-28-17)25(20(16)26)14-7-8-14/h10-11,14,17H,5-9H2,1-4H3/t17-,29-/m1/s1. The van der Waals surface area contributed by atoms with Gasteiger partial charge in [0, 0.05) is 18.2 Å². The number of halogens is 1. The van der Waals surface area contributed by atoms with Crippen molar-refractivity contribution in [2.24, 2.45) is 4.40 Å². The lowest BCUT2D eigenvalue weighted by Crippen LogP contribution is -2.27. The maximum absolute atomic E-state index is 14.4. The summed E-state index contributed by atoms with van der Waals surface area (Å²) < 4.78 is 38.2. The quantitative estimate of drug-likeness (QED) is 0.703. The van der Waals surface area contributed by atoms with E-state index in [1.807, 2.05) is 20.8 Å². The van der Waals surface area contributed by atoms with Crippen LogP contribution >= 0.6 is 0 Å². The van der Waals surface area contributed by atoms with E-state index in [2.05, 4.69) is 4.40 Å². The van der Waals surface area contributed by atoms with Gasteiger partial charge in [0.25, 0.3) is 5.56 Å². The molecular weight excluding hydrogens is 393 g/mol. The lowest BCUT2D eigenvalue weighted by Gasteiger charge is -2.19. The molecule has 0 N–H and O–H groups in total. The highest BCUT2D eigenvalue weighted by atomic mass is 32.2. The molecule has 29 heavy (non-hydrogen) atoms. The average molecular weight is 420 g/mol. The molecular formula is C21H26FN3O3S. The number of aromatic nitrogens is 2. The third-order valence-corrected chi connectivity index (χ3v) is 6.75. The fourth-order valence-corrected chi connectivity index (χ4v) is 4.19. The molecule has 1 aliphatic carbocycles. The first-order chi connectivity index (χ1) is 13.7. The van der Waals surface area contributed by atoms with Crippen LogP contribution in [0.4, 0.5) is 4.39 Å². The third kappa shape index (κ3) is 3.92. The van der Waals surface area contributed by atoms with Crippen molar-refractivity contribution >= 4 is 27.6 Å². The highest BCUT2D eigenvalue weighted by Gasteiger charge is 2.33. The van der Waals surface area contributed by atoms with Gasteiger partial charge in [-0.15, -0.1) is 0 Å². The molecule has 1 aromatic heterocycles. The Morgan fingerprint density at radius 2 is 2.03 bits per heavy atom. The molecule has 1 aliphatic heterocycles. The molecule has 2 atom stereocenters. The normalized spacial score (nSPS) is 21.7. The Kier molecular flexibility index (Phi) is 5.19. The largest absolute Gasteiger partial charge is 0.370 e. The minimum Gasteiger partial charge on any atom is -0.370 e. The summed E-state index contributed by atoms with van der Waals surface area (Å²) in [6, 6.07) is 2.66. The van der Waals surface area contributed by atoms with Gasteiger partial charge in [-0.2, -0.15) is 4.40 Å². The summed E-state index contributed by atoms with van der Waals surface area (Å²) in [5, 5.41) is 0.227. The summed E-state index contributed by atoms with van der Waals surface area (Å²) in [7, 11) is -1.50. The van der Waals surface area contributed by atoms with Gasteiger partial charge in [0.2, 0.25) is 0 Å². The Morgan fingerprint density at radius 1 is 1.31 bits per heavy atom. The lowest BCUT2D eigenvalue weighted by atomic mass is 10.1. The maximum Gasteiger partial charge on any atom is 0.261 e. The zero-order valence-electron chi connectivity index (χ0n) is 17.2. The first-order valence-corrected chi connectivity index (χ1v) is 11.1. The van der Waals surface area contributed by atoms with Gasteiger partial charge < -0.3 is 4.74 Å². The monoisotopic (exact) mass is 419 g/mol. The number of nitrogens with zero attached hydrogens (tertiary/aromatic N) is 3. The molecule has 1 saturated carbocycles. The van der Waals surface area contributed by atoms with Crippen molar-refractivity contribution in [3.8, 4) is 0 Å². The van der Waals surface area contributed by atoms with E-state index in [9.17, 15) is 13.4 Å². The molecule has 0 amide bonds. The van der Waals surface area contributed by atoms with Crippen molar-refractivity contribution in [2.75, 3.05) is 6.61 Å². The van der Waals surface area contributed by atoms with Crippen LogP contribution in [0.5, 0.6) is 0 Å². The molecule has 4 rings (SSSR count). The van der Waals surface area contributed by atoms with Gasteiger partial charge in [0.05, 0.1) is 21.4 Å². The van der Waals surface area contributed by atoms with Crippen LogP contribution in [0.25, 0.3) is 10.9 Å². The molecule has 0 unspecified atom stereocenters. The number of benzene rings is 1. The van der Waals surface area contributed by atoms with Gasteiger partial charge >= 0.3 is 0 Å². The van der Waals surface area contributed by atoms with Crippen LogP contribution in [0.3, 0.4) is 0 Å². The topological polar surface area (TPSA) is 73.5 Å². The zero-order valence-corrected chi connectivity index (χ0v) is 18.0. The molecule has 1 saturated heterocycles. The van der Waals surface area contributed by atoms with Crippen molar-refractivity contribution in [2.45, 2.75) is 70.3 Å². The molecule has 2 fully saturated rings.